The number of carbonyl (C=O) groups is 1. The van der Waals surface area contributed by atoms with Gasteiger partial charge in [-0.3, -0.25) is 4.79 Å². The highest BCUT2D eigenvalue weighted by Gasteiger charge is 2.42. The molecule has 0 spiro atoms. The van der Waals surface area contributed by atoms with Crippen LogP contribution >= 0.6 is 0 Å². The highest BCUT2D eigenvalue weighted by atomic mass is 16.5. The highest BCUT2D eigenvalue weighted by molar-refractivity contribution is 5.95. The molecule has 1 saturated carbocycles. The zero-order valence-electron chi connectivity index (χ0n) is 9.32. The summed E-state index contributed by atoms with van der Waals surface area (Å²) in [5.74, 6) is 0.683. The monoisotopic (exact) mass is 220 g/mol. The number of benzene rings is 1. The van der Waals surface area contributed by atoms with Crippen molar-refractivity contribution in [2.75, 3.05) is 13.7 Å². The summed E-state index contributed by atoms with van der Waals surface area (Å²) >= 11 is 0. The number of rotatable bonds is 4. The van der Waals surface area contributed by atoms with Crippen LogP contribution in [0.5, 0.6) is 5.75 Å². The molecule has 86 valence electrons. The number of amides is 1. The minimum absolute atomic E-state index is 0.0643. The van der Waals surface area contributed by atoms with Gasteiger partial charge in [-0.15, -0.1) is 0 Å². The van der Waals surface area contributed by atoms with Crippen LogP contribution < -0.4 is 15.8 Å². The molecule has 0 atom stereocenters. The summed E-state index contributed by atoms with van der Waals surface area (Å²) < 4.78 is 5.03. The third kappa shape index (κ3) is 2.17. The lowest BCUT2D eigenvalue weighted by Gasteiger charge is -2.14. The SMILES string of the molecule is COc1ccc(C(=O)NC2(CN)CC2)cc1. The minimum Gasteiger partial charge on any atom is -0.497 e. The van der Waals surface area contributed by atoms with Crippen molar-refractivity contribution >= 4 is 5.91 Å². The molecule has 0 heterocycles. The molecule has 4 nitrogen and oxygen atoms in total. The van der Waals surface area contributed by atoms with Gasteiger partial charge in [0, 0.05) is 12.1 Å². The van der Waals surface area contributed by atoms with E-state index in [9.17, 15) is 4.79 Å². The van der Waals surface area contributed by atoms with E-state index in [2.05, 4.69) is 5.32 Å². The Morgan fingerprint density at radius 3 is 2.50 bits per heavy atom. The first kappa shape index (κ1) is 11.0. The molecule has 16 heavy (non-hydrogen) atoms. The topological polar surface area (TPSA) is 64.3 Å². The summed E-state index contributed by atoms with van der Waals surface area (Å²) in [6.45, 7) is 0.509. The quantitative estimate of drug-likeness (QED) is 0.793. The molecule has 1 aliphatic rings. The van der Waals surface area contributed by atoms with Gasteiger partial charge >= 0.3 is 0 Å². The fourth-order valence-electron chi connectivity index (χ4n) is 1.59. The third-order valence-electron chi connectivity index (χ3n) is 2.98. The maximum atomic E-state index is 11.9. The van der Waals surface area contributed by atoms with E-state index in [1.807, 2.05) is 0 Å². The Morgan fingerprint density at radius 1 is 1.44 bits per heavy atom. The Labute approximate surface area is 94.8 Å². The largest absolute Gasteiger partial charge is 0.497 e. The van der Waals surface area contributed by atoms with Gasteiger partial charge in [0.25, 0.3) is 5.91 Å². The van der Waals surface area contributed by atoms with Crippen LogP contribution in [0.4, 0.5) is 0 Å². The molecule has 0 aliphatic heterocycles. The van der Waals surface area contributed by atoms with Gasteiger partial charge in [-0.2, -0.15) is 0 Å². The summed E-state index contributed by atoms with van der Waals surface area (Å²) in [6, 6.07) is 7.05. The normalized spacial score (nSPS) is 16.6. The van der Waals surface area contributed by atoms with Crippen molar-refractivity contribution in [3.63, 3.8) is 0 Å². The lowest BCUT2D eigenvalue weighted by molar-refractivity contribution is 0.0933. The summed E-state index contributed by atoms with van der Waals surface area (Å²) in [5.41, 5.74) is 6.10. The van der Waals surface area contributed by atoms with E-state index in [4.69, 9.17) is 10.5 Å². The molecular weight excluding hydrogens is 204 g/mol. The molecule has 4 heteroatoms. The van der Waals surface area contributed by atoms with Crippen molar-refractivity contribution < 1.29 is 9.53 Å². The molecular formula is C12H16N2O2. The lowest BCUT2D eigenvalue weighted by atomic mass is 10.2. The average Bonchev–Trinajstić information content (AvgIpc) is 3.09. The summed E-state index contributed by atoms with van der Waals surface area (Å²) in [7, 11) is 1.60. The van der Waals surface area contributed by atoms with Crippen molar-refractivity contribution in [1.82, 2.24) is 5.32 Å². The molecule has 0 saturated heterocycles. The molecule has 1 amide bonds. The second kappa shape index (κ2) is 4.14. The van der Waals surface area contributed by atoms with Gasteiger partial charge in [0.1, 0.15) is 5.75 Å². The van der Waals surface area contributed by atoms with E-state index < -0.39 is 0 Å². The molecule has 0 bridgehead atoms. The van der Waals surface area contributed by atoms with Crippen molar-refractivity contribution in [3.8, 4) is 5.75 Å². The van der Waals surface area contributed by atoms with Crippen LogP contribution in [0.25, 0.3) is 0 Å². The van der Waals surface area contributed by atoms with E-state index in [1.165, 1.54) is 0 Å². The summed E-state index contributed by atoms with van der Waals surface area (Å²) in [5, 5.41) is 2.97. The molecule has 2 rings (SSSR count). The molecule has 1 aromatic rings. The first-order valence-corrected chi connectivity index (χ1v) is 5.36. The van der Waals surface area contributed by atoms with Crippen molar-refractivity contribution in [2.45, 2.75) is 18.4 Å². The first-order valence-electron chi connectivity index (χ1n) is 5.36. The predicted molar refractivity (Wildman–Crippen MR) is 61.5 cm³/mol. The second-order valence-electron chi connectivity index (χ2n) is 4.17. The molecule has 0 aromatic heterocycles. The van der Waals surface area contributed by atoms with Crippen molar-refractivity contribution in [3.05, 3.63) is 29.8 Å². The number of hydrogen-bond acceptors (Lipinski definition) is 3. The number of methoxy groups -OCH3 is 1. The van der Waals surface area contributed by atoms with Crippen LogP contribution in [0.1, 0.15) is 23.2 Å². The average molecular weight is 220 g/mol. The van der Waals surface area contributed by atoms with Crippen LogP contribution in [-0.4, -0.2) is 25.1 Å². The maximum Gasteiger partial charge on any atom is 0.251 e. The highest BCUT2D eigenvalue weighted by Crippen LogP contribution is 2.34. The molecule has 0 unspecified atom stereocenters. The Bertz CT molecular complexity index is 383. The number of hydrogen-bond donors (Lipinski definition) is 2. The van der Waals surface area contributed by atoms with Gasteiger partial charge in [-0.25, -0.2) is 0 Å². The van der Waals surface area contributed by atoms with E-state index >= 15 is 0 Å². The zero-order valence-corrected chi connectivity index (χ0v) is 9.32. The van der Waals surface area contributed by atoms with Crippen LogP contribution in [0.2, 0.25) is 0 Å². The zero-order chi connectivity index (χ0) is 11.6. The van der Waals surface area contributed by atoms with E-state index in [0.29, 0.717) is 12.1 Å². The number of nitrogens with two attached hydrogens (primary N) is 1. The Kier molecular flexibility index (Phi) is 2.83. The van der Waals surface area contributed by atoms with Gasteiger partial charge in [0.15, 0.2) is 0 Å². The van der Waals surface area contributed by atoms with Crippen LogP contribution in [0.3, 0.4) is 0 Å². The van der Waals surface area contributed by atoms with E-state index in [-0.39, 0.29) is 11.4 Å². The van der Waals surface area contributed by atoms with Gasteiger partial charge in [-0.05, 0) is 37.1 Å². The molecule has 1 aliphatic carbocycles. The Morgan fingerprint density at radius 2 is 2.06 bits per heavy atom. The Balaban J connectivity index is 2.03. The maximum absolute atomic E-state index is 11.9. The third-order valence-corrected chi connectivity index (χ3v) is 2.98. The fourth-order valence-corrected chi connectivity index (χ4v) is 1.59. The number of carbonyl (C=O) groups excluding carboxylic acids is 1. The van der Waals surface area contributed by atoms with Crippen molar-refractivity contribution in [2.24, 2.45) is 5.73 Å². The molecule has 3 N–H and O–H groups in total. The fraction of sp³-hybridized carbons (Fsp3) is 0.417. The number of nitrogens with one attached hydrogen (secondary N) is 1. The number of ether oxygens (including phenoxy) is 1. The van der Waals surface area contributed by atoms with Crippen LogP contribution in [-0.2, 0) is 0 Å². The van der Waals surface area contributed by atoms with Gasteiger partial charge in [0.05, 0.1) is 12.6 Å². The van der Waals surface area contributed by atoms with Crippen LogP contribution in [0.15, 0.2) is 24.3 Å². The molecule has 1 fully saturated rings. The van der Waals surface area contributed by atoms with Gasteiger partial charge in [0.2, 0.25) is 0 Å². The van der Waals surface area contributed by atoms with Crippen LogP contribution in [0, 0.1) is 0 Å². The predicted octanol–water partition coefficient (Wildman–Crippen LogP) is 0.916. The smallest absolute Gasteiger partial charge is 0.251 e. The summed E-state index contributed by atoms with van der Waals surface area (Å²) in [6.07, 6.45) is 1.96. The first-order chi connectivity index (χ1) is 7.69. The van der Waals surface area contributed by atoms with E-state index in [1.54, 1.807) is 31.4 Å². The molecule has 1 aromatic carbocycles. The molecule has 0 radical (unpaired) electrons. The minimum atomic E-state index is -0.142. The van der Waals surface area contributed by atoms with Gasteiger partial charge < -0.3 is 15.8 Å². The van der Waals surface area contributed by atoms with E-state index in [0.717, 1.165) is 18.6 Å². The van der Waals surface area contributed by atoms with Gasteiger partial charge in [-0.1, -0.05) is 0 Å². The Hall–Kier alpha value is -1.55. The second-order valence-corrected chi connectivity index (χ2v) is 4.17. The summed E-state index contributed by atoms with van der Waals surface area (Å²) in [4.78, 5) is 11.9. The standard InChI is InChI=1S/C12H16N2O2/c1-16-10-4-2-9(3-5-10)11(15)14-12(8-13)6-7-12/h2-5H,6-8,13H2,1H3,(H,14,15). The lowest BCUT2D eigenvalue weighted by Crippen LogP contribution is -2.42. The van der Waals surface area contributed by atoms with Crippen molar-refractivity contribution in [1.29, 1.82) is 0 Å².